The summed E-state index contributed by atoms with van der Waals surface area (Å²) in [4.78, 5) is 3.81. The maximum absolute atomic E-state index is 2.46. The molecule has 0 saturated heterocycles. The van der Waals surface area contributed by atoms with Crippen LogP contribution in [0.4, 0.5) is 0 Å². The summed E-state index contributed by atoms with van der Waals surface area (Å²) in [5, 5.41) is 16.2. The fourth-order valence-electron chi connectivity index (χ4n) is 20.5. The van der Waals surface area contributed by atoms with E-state index >= 15 is 0 Å². The van der Waals surface area contributed by atoms with Gasteiger partial charge in [-0.2, -0.15) is 0 Å². The van der Waals surface area contributed by atoms with Crippen molar-refractivity contribution < 1.29 is 0 Å². The lowest BCUT2D eigenvalue weighted by atomic mass is 9.98. The Bertz CT molecular complexity index is 8920. The highest BCUT2D eigenvalue weighted by atomic mass is 32.1. The predicted octanol–water partition coefficient (Wildman–Crippen LogP) is 33.7. The van der Waals surface area contributed by atoms with Crippen molar-refractivity contribution in [3.63, 3.8) is 0 Å². The van der Waals surface area contributed by atoms with E-state index in [1.54, 1.807) is 0 Å². The van der Waals surface area contributed by atoms with Crippen molar-refractivity contribution in [1.82, 2.24) is 27.4 Å². The SMILES string of the molecule is c1ccc(-c2ccc(-c3ccc(-n4c5ccccc5c5cc(-c6ccc7c(c6)c6cc(-c8ccc9c(c8)c8ccccc8n9-c8ccccc8)ccc6n7-c6ccccc6)ccc54)cc3)s2)cc1.c1ccc(-c2ccc(-n3c4ccc(-c5ccc6c(c5)c5ccccc5n6-c5ccccc5)cc4c4cc(-c5ccc6c(c5)c5ccccc5n6-c5ccccc5)ccc43)s2)cc1. The third-order valence-corrected chi connectivity index (χ3v) is 28.9. The van der Waals surface area contributed by atoms with Crippen molar-refractivity contribution in [2.75, 3.05) is 0 Å². The zero-order chi connectivity index (χ0) is 85.4. The van der Waals surface area contributed by atoms with Crippen LogP contribution in [-0.2, 0) is 0 Å². The summed E-state index contributed by atoms with van der Waals surface area (Å²) in [6.07, 6.45) is 0. The van der Waals surface area contributed by atoms with Gasteiger partial charge < -0.3 is 27.4 Å². The number of fused-ring (bicyclic) bond motifs is 18. The molecule has 0 unspecified atom stereocenters. The van der Waals surface area contributed by atoms with E-state index in [0.717, 1.165) is 11.4 Å². The molecule has 0 aliphatic heterocycles. The highest BCUT2D eigenvalue weighted by Gasteiger charge is 2.24. The number of benzene rings is 19. The molecule has 0 fully saturated rings. The third-order valence-electron chi connectivity index (χ3n) is 26.6. The Morgan fingerprint density at radius 3 is 0.569 bits per heavy atom. The first-order valence-corrected chi connectivity index (χ1v) is 46.0. The number of hydrogen-bond acceptors (Lipinski definition) is 2. The lowest BCUT2D eigenvalue weighted by Gasteiger charge is -2.10. The molecule has 0 atom stereocenters. The summed E-state index contributed by atoms with van der Waals surface area (Å²) in [7, 11) is 0. The lowest BCUT2D eigenvalue weighted by Crippen LogP contribution is -1.93. The van der Waals surface area contributed by atoms with Crippen LogP contribution in [0.1, 0.15) is 0 Å². The molecule has 0 N–H and O–H groups in total. The van der Waals surface area contributed by atoms with E-state index in [-0.39, 0.29) is 0 Å². The largest absolute Gasteiger partial charge is 0.309 e. The molecule has 0 spiro atoms. The second-order valence-electron chi connectivity index (χ2n) is 33.9. The summed E-state index contributed by atoms with van der Waals surface area (Å²) in [6, 6.07) is 173. The molecule has 27 rings (SSSR count). The molecule has 0 aliphatic carbocycles. The number of para-hydroxylation sites is 8. The second-order valence-corrected chi connectivity index (χ2v) is 36.0. The molecule has 0 radical (unpaired) electrons. The molecule has 0 aliphatic rings. The van der Waals surface area contributed by atoms with E-state index in [4.69, 9.17) is 0 Å². The first-order valence-electron chi connectivity index (χ1n) is 44.4. The van der Waals surface area contributed by atoms with Gasteiger partial charge in [0.2, 0.25) is 0 Å². The lowest BCUT2D eigenvalue weighted by molar-refractivity contribution is 1.18. The van der Waals surface area contributed by atoms with Gasteiger partial charge in [-0.1, -0.05) is 267 Å². The smallest absolute Gasteiger partial charge is 0.101 e. The van der Waals surface area contributed by atoms with Crippen LogP contribution in [0.3, 0.4) is 0 Å². The van der Waals surface area contributed by atoms with E-state index in [9.17, 15) is 0 Å². The predicted molar refractivity (Wildman–Crippen MR) is 553 cm³/mol. The average Bonchev–Trinajstić information content (AvgIpc) is 1.58. The molecule has 608 valence electrons. The number of hydrogen-bond donors (Lipinski definition) is 0. The van der Waals surface area contributed by atoms with E-state index in [0.29, 0.717) is 0 Å². The molecular weight excluding hydrogens is 1610 g/mol. The zero-order valence-corrected chi connectivity index (χ0v) is 72.2. The van der Waals surface area contributed by atoms with Gasteiger partial charge in [-0.15, -0.1) is 22.7 Å². The number of thiophene rings is 2. The summed E-state index contributed by atoms with van der Waals surface area (Å²) in [6.45, 7) is 0. The van der Waals surface area contributed by atoms with Crippen molar-refractivity contribution in [2.24, 2.45) is 0 Å². The molecule has 6 nitrogen and oxygen atoms in total. The van der Waals surface area contributed by atoms with Crippen LogP contribution >= 0.6 is 22.7 Å². The van der Waals surface area contributed by atoms with Gasteiger partial charge in [-0.05, 0) is 267 Å². The van der Waals surface area contributed by atoms with Gasteiger partial charge in [0.05, 0.1) is 66.2 Å². The fourth-order valence-corrected chi connectivity index (χ4v) is 22.6. The van der Waals surface area contributed by atoms with E-state index in [2.05, 4.69) is 501 Å². The Morgan fingerprint density at radius 2 is 0.300 bits per heavy atom. The van der Waals surface area contributed by atoms with Gasteiger partial charge in [0.25, 0.3) is 0 Å². The van der Waals surface area contributed by atoms with Gasteiger partial charge in [0.1, 0.15) is 5.00 Å². The van der Waals surface area contributed by atoms with Crippen molar-refractivity contribution in [3.05, 3.63) is 473 Å². The first kappa shape index (κ1) is 74.8. The molecule has 0 bridgehead atoms. The van der Waals surface area contributed by atoms with Crippen LogP contribution in [0.25, 0.3) is 240 Å². The minimum atomic E-state index is 1.15. The molecule has 8 heteroatoms. The summed E-state index contributed by atoms with van der Waals surface area (Å²) in [5.74, 6) is 0. The standard InChI is InChI=1S/C64H41N3S.C58H37N3S/c1-4-14-42(15-5-1)63-36-37-64(68-63)43-24-30-50(31-25-43)67-58-23-13-11-21-52(58)54-39-45(27-33-60(54)67)47-29-35-62-56(41-47)55-40-46(28-34-61(55)66(62)49-18-8-3-9-19-49)44-26-32-59-53(38-44)51-20-10-12-22-57(51)65(59)48-16-6-2-7-17-48;1-4-14-38(15-5-1)57-32-33-58(62-57)61-55-30-26-41(39-24-28-53-47(34-39)45-20-10-12-22-51(45)59(53)43-16-6-2-7-17-43)36-49(55)50-37-42(27-31-56(50)61)40-25-29-54-48(35-40)46-21-11-13-23-52(46)60(54)44-18-8-3-9-19-44/h1-41H;1-37H. The van der Waals surface area contributed by atoms with Gasteiger partial charge >= 0.3 is 0 Å². The van der Waals surface area contributed by atoms with Gasteiger partial charge in [0, 0.05) is 108 Å². The van der Waals surface area contributed by atoms with Gasteiger partial charge in [-0.3, -0.25) is 0 Å². The molecule has 8 heterocycles. The summed E-state index contributed by atoms with van der Waals surface area (Å²) >= 11 is 3.68. The van der Waals surface area contributed by atoms with E-state index in [1.807, 2.05) is 22.7 Å². The van der Waals surface area contributed by atoms with Crippen LogP contribution in [-0.4, -0.2) is 27.4 Å². The third kappa shape index (κ3) is 12.4. The van der Waals surface area contributed by atoms with Crippen LogP contribution < -0.4 is 0 Å². The molecule has 8 aromatic heterocycles. The van der Waals surface area contributed by atoms with Gasteiger partial charge in [-0.25, -0.2) is 0 Å². The highest BCUT2D eigenvalue weighted by Crippen LogP contribution is 2.47. The van der Waals surface area contributed by atoms with Crippen molar-refractivity contribution >= 4 is 154 Å². The normalized spacial score (nSPS) is 11.8. The second kappa shape index (κ2) is 30.6. The quantitative estimate of drug-likeness (QED) is 0.110. The Labute approximate surface area is 757 Å². The minimum Gasteiger partial charge on any atom is -0.309 e. The highest BCUT2D eigenvalue weighted by molar-refractivity contribution is 7.19. The van der Waals surface area contributed by atoms with E-state index < -0.39 is 0 Å². The molecule has 130 heavy (non-hydrogen) atoms. The molecule has 0 saturated carbocycles. The summed E-state index contributed by atoms with van der Waals surface area (Å²) in [5.41, 5.74) is 33.6. The molecule has 27 aromatic rings. The maximum Gasteiger partial charge on any atom is 0.101 e. The fraction of sp³-hybridized carbons (Fsp3) is 0. The van der Waals surface area contributed by atoms with Crippen molar-refractivity contribution in [1.29, 1.82) is 0 Å². The van der Waals surface area contributed by atoms with E-state index in [1.165, 1.54) is 229 Å². The van der Waals surface area contributed by atoms with Gasteiger partial charge in [0.15, 0.2) is 0 Å². The minimum absolute atomic E-state index is 1.15. The zero-order valence-electron chi connectivity index (χ0n) is 70.5. The van der Waals surface area contributed by atoms with Crippen molar-refractivity contribution in [3.8, 4) is 109 Å². The average molecular weight is 1690 g/mol. The Hall–Kier alpha value is -16.6. The number of aromatic nitrogens is 6. The van der Waals surface area contributed by atoms with Crippen LogP contribution in [0.2, 0.25) is 0 Å². The summed E-state index contributed by atoms with van der Waals surface area (Å²) < 4.78 is 14.4. The topological polar surface area (TPSA) is 29.6 Å². The first-order chi connectivity index (χ1) is 64.5. The molecular formula is C122H78N6S2. The Kier molecular flexibility index (Phi) is 17.6. The monoisotopic (exact) mass is 1690 g/mol. The van der Waals surface area contributed by atoms with Crippen LogP contribution in [0.15, 0.2) is 473 Å². The Balaban J connectivity index is 0.000000137. The number of rotatable bonds is 13. The Morgan fingerprint density at radius 1 is 0.115 bits per heavy atom. The van der Waals surface area contributed by atoms with Crippen molar-refractivity contribution in [2.45, 2.75) is 0 Å². The maximum atomic E-state index is 2.46. The molecule has 0 amide bonds. The van der Waals surface area contributed by atoms with Crippen LogP contribution in [0, 0.1) is 0 Å². The van der Waals surface area contributed by atoms with Crippen LogP contribution in [0.5, 0.6) is 0 Å². The molecule has 19 aromatic carbocycles. The number of nitrogens with zero attached hydrogens (tertiary/aromatic N) is 6.